The van der Waals surface area contributed by atoms with E-state index in [9.17, 15) is 18.6 Å². The smallest absolute Gasteiger partial charge is 0.243 e. The van der Waals surface area contributed by atoms with Crippen molar-refractivity contribution in [3.63, 3.8) is 0 Å². The summed E-state index contributed by atoms with van der Waals surface area (Å²) < 4.78 is 26.8. The van der Waals surface area contributed by atoms with Gasteiger partial charge in [-0.3, -0.25) is 0 Å². The molecule has 1 fully saturated rings. The molecule has 0 amide bonds. The van der Waals surface area contributed by atoms with Crippen LogP contribution in [0.3, 0.4) is 0 Å². The Hall–Kier alpha value is -0.950. The zero-order valence-electron chi connectivity index (χ0n) is 12.5. The van der Waals surface area contributed by atoms with Gasteiger partial charge in [-0.1, -0.05) is 12.1 Å². The lowest BCUT2D eigenvalue weighted by atomic mass is 9.98. The fraction of sp³-hybridized carbons (Fsp3) is 0.600. The maximum Gasteiger partial charge on any atom is 0.243 e. The van der Waals surface area contributed by atoms with Gasteiger partial charge in [0.05, 0.1) is 16.6 Å². The molecule has 0 saturated carbocycles. The minimum absolute atomic E-state index is 0.197. The van der Waals surface area contributed by atoms with Crippen LogP contribution in [0.1, 0.15) is 44.8 Å². The van der Waals surface area contributed by atoms with Gasteiger partial charge in [-0.15, -0.1) is 0 Å². The van der Waals surface area contributed by atoms with Crippen LogP contribution in [-0.4, -0.2) is 41.6 Å². The third-order valence-electron chi connectivity index (χ3n) is 4.00. The molecule has 118 valence electrons. The molecule has 0 aliphatic carbocycles. The molecule has 1 aliphatic rings. The highest BCUT2D eigenvalue weighted by Crippen LogP contribution is 2.26. The van der Waals surface area contributed by atoms with Gasteiger partial charge < -0.3 is 10.2 Å². The van der Waals surface area contributed by atoms with Gasteiger partial charge in [0, 0.05) is 13.1 Å². The molecule has 0 bridgehead atoms. The Bertz CT molecular complexity index is 595. The van der Waals surface area contributed by atoms with E-state index in [1.807, 2.05) is 0 Å². The predicted octanol–water partition coefficient (Wildman–Crippen LogP) is 1.67. The number of aliphatic hydroxyl groups excluding tert-OH is 1. The Kier molecular flexibility index (Phi) is 4.72. The molecule has 2 atom stereocenters. The number of sulfonamides is 1. The zero-order valence-corrected chi connectivity index (χ0v) is 13.3. The van der Waals surface area contributed by atoms with Crippen LogP contribution in [0, 0.1) is 0 Å². The van der Waals surface area contributed by atoms with Gasteiger partial charge in [-0.05, 0) is 50.8 Å². The van der Waals surface area contributed by atoms with E-state index in [1.54, 1.807) is 32.0 Å². The van der Waals surface area contributed by atoms with E-state index in [4.69, 9.17) is 0 Å². The largest absolute Gasteiger partial charge is 0.390 e. The van der Waals surface area contributed by atoms with Crippen LogP contribution in [0.25, 0.3) is 0 Å². The monoisotopic (exact) mass is 313 g/mol. The lowest BCUT2D eigenvalue weighted by molar-refractivity contribution is 0.0465. The van der Waals surface area contributed by atoms with Crippen LogP contribution >= 0.6 is 0 Å². The third-order valence-corrected chi connectivity index (χ3v) is 5.90. The maximum atomic E-state index is 12.7. The third kappa shape index (κ3) is 3.83. The van der Waals surface area contributed by atoms with Crippen molar-refractivity contribution in [1.29, 1.82) is 0 Å². The Labute approximate surface area is 126 Å². The van der Waals surface area contributed by atoms with Gasteiger partial charge in [0.1, 0.15) is 0 Å². The first-order valence-corrected chi connectivity index (χ1v) is 8.67. The van der Waals surface area contributed by atoms with E-state index < -0.39 is 21.7 Å². The van der Waals surface area contributed by atoms with Gasteiger partial charge in [0.2, 0.25) is 10.0 Å². The first-order chi connectivity index (χ1) is 9.72. The predicted molar refractivity (Wildman–Crippen MR) is 80.3 cm³/mol. The average Bonchev–Trinajstić information content (AvgIpc) is 2.60. The normalized spacial score (nSPS) is 26.3. The number of hydrogen-bond acceptors (Lipinski definition) is 4. The molecule has 5 nitrogen and oxygen atoms in total. The molecule has 1 saturated heterocycles. The molecular formula is C15H23NO4S. The number of aliphatic hydroxyl groups is 2. The number of nitrogens with zero attached hydrogens (tertiary/aromatic N) is 1. The summed E-state index contributed by atoms with van der Waals surface area (Å²) in [6, 6.07) is 6.41. The Morgan fingerprint density at radius 1 is 1.29 bits per heavy atom. The molecule has 1 aliphatic heterocycles. The molecule has 1 aromatic rings. The molecule has 2 unspecified atom stereocenters. The second-order valence-corrected chi connectivity index (χ2v) is 7.94. The van der Waals surface area contributed by atoms with Gasteiger partial charge in [0.15, 0.2) is 0 Å². The molecule has 2 N–H and O–H groups in total. The lowest BCUT2D eigenvalue weighted by Gasteiger charge is -2.22. The molecule has 0 aromatic heterocycles. The second-order valence-electron chi connectivity index (χ2n) is 6.00. The molecule has 0 spiro atoms. The van der Waals surface area contributed by atoms with Gasteiger partial charge in [-0.25, -0.2) is 8.42 Å². The second kappa shape index (κ2) is 6.04. The van der Waals surface area contributed by atoms with E-state index >= 15 is 0 Å². The van der Waals surface area contributed by atoms with Crippen molar-refractivity contribution in [2.75, 3.05) is 13.1 Å². The van der Waals surface area contributed by atoms with Crippen molar-refractivity contribution in [2.24, 2.45) is 0 Å². The molecule has 21 heavy (non-hydrogen) atoms. The van der Waals surface area contributed by atoms with Crippen molar-refractivity contribution >= 4 is 10.0 Å². The Morgan fingerprint density at radius 3 is 2.67 bits per heavy atom. The summed E-state index contributed by atoms with van der Waals surface area (Å²) in [5, 5.41) is 19.7. The fourth-order valence-electron chi connectivity index (χ4n) is 2.56. The highest BCUT2D eigenvalue weighted by molar-refractivity contribution is 7.89. The minimum Gasteiger partial charge on any atom is -0.390 e. The molecular weight excluding hydrogens is 290 g/mol. The number of hydrogen-bond donors (Lipinski definition) is 2. The molecule has 6 heteroatoms. The Morgan fingerprint density at radius 2 is 2.00 bits per heavy atom. The maximum absolute atomic E-state index is 12.7. The number of benzene rings is 1. The van der Waals surface area contributed by atoms with E-state index in [1.165, 1.54) is 10.4 Å². The standard InChI is InChI=1S/C15H23NO4S/c1-12(17)13-5-3-6-14(11-13)21(19,20)16-9-4-7-15(2,18)8-10-16/h3,5-6,11-12,17-18H,4,7-10H2,1-2H3. The van der Waals surface area contributed by atoms with Crippen LogP contribution < -0.4 is 0 Å². The van der Waals surface area contributed by atoms with Crippen LogP contribution in [-0.2, 0) is 10.0 Å². The van der Waals surface area contributed by atoms with Gasteiger partial charge in [0.25, 0.3) is 0 Å². The van der Waals surface area contributed by atoms with E-state index in [0.717, 1.165) is 0 Å². The van der Waals surface area contributed by atoms with Crippen molar-refractivity contribution in [3.05, 3.63) is 29.8 Å². The summed E-state index contributed by atoms with van der Waals surface area (Å²) in [4.78, 5) is 0.197. The topological polar surface area (TPSA) is 77.8 Å². The van der Waals surface area contributed by atoms with Crippen LogP contribution in [0.4, 0.5) is 0 Å². The van der Waals surface area contributed by atoms with Crippen molar-refractivity contribution in [1.82, 2.24) is 4.31 Å². The molecule has 0 radical (unpaired) electrons. The SMILES string of the molecule is CC(O)c1cccc(S(=O)(=O)N2CCCC(C)(O)CC2)c1. The van der Waals surface area contributed by atoms with E-state index in [-0.39, 0.29) is 4.90 Å². The van der Waals surface area contributed by atoms with Crippen molar-refractivity contribution in [2.45, 2.75) is 49.7 Å². The summed E-state index contributed by atoms with van der Waals surface area (Å²) in [7, 11) is -3.58. The van der Waals surface area contributed by atoms with Crippen LogP contribution in [0.2, 0.25) is 0 Å². The van der Waals surface area contributed by atoms with Crippen LogP contribution in [0.15, 0.2) is 29.2 Å². The van der Waals surface area contributed by atoms with Gasteiger partial charge >= 0.3 is 0 Å². The fourth-order valence-corrected chi connectivity index (χ4v) is 4.10. The quantitative estimate of drug-likeness (QED) is 0.890. The zero-order chi connectivity index (χ0) is 15.7. The van der Waals surface area contributed by atoms with Crippen molar-refractivity contribution in [3.8, 4) is 0 Å². The first kappa shape index (κ1) is 16.4. The Balaban J connectivity index is 2.27. The summed E-state index contributed by atoms with van der Waals surface area (Å²) >= 11 is 0. The molecule has 1 aromatic carbocycles. The highest BCUT2D eigenvalue weighted by atomic mass is 32.2. The summed E-state index contributed by atoms with van der Waals surface area (Å²) in [6.45, 7) is 4.08. The van der Waals surface area contributed by atoms with E-state index in [0.29, 0.717) is 37.9 Å². The highest BCUT2D eigenvalue weighted by Gasteiger charge is 2.31. The molecule has 2 rings (SSSR count). The number of rotatable bonds is 3. The summed E-state index contributed by atoms with van der Waals surface area (Å²) in [5.41, 5.74) is -0.218. The average molecular weight is 313 g/mol. The molecule has 1 heterocycles. The first-order valence-electron chi connectivity index (χ1n) is 7.23. The lowest BCUT2D eigenvalue weighted by Crippen LogP contribution is -2.33. The van der Waals surface area contributed by atoms with E-state index in [2.05, 4.69) is 0 Å². The summed E-state index contributed by atoms with van der Waals surface area (Å²) in [5.74, 6) is 0. The van der Waals surface area contributed by atoms with Gasteiger partial charge in [-0.2, -0.15) is 4.31 Å². The summed E-state index contributed by atoms with van der Waals surface area (Å²) in [6.07, 6.45) is 0.974. The minimum atomic E-state index is -3.58. The van der Waals surface area contributed by atoms with Crippen molar-refractivity contribution < 1.29 is 18.6 Å². The van der Waals surface area contributed by atoms with Crippen LogP contribution in [0.5, 0.6) is 0 Å².